The summed E-state index contributed by atoms with van der Waals surface area (Å²) in [4.78, 5) is 6.47. The quantitative estimate of drug-likeness (QED) is 0.820. The van der Waals surface area contributed by atoms with Crippen molar-refractivity contribution in [1.82, 2.24) is 20.1 Å². The number of pyridine rings is 1. The van der Waals surface area contributed by atoms with E-state index in [1.807, 2.05) is 19.3 Å². The van der Waals surface area contributed by atoms with Gasteiger partial charge in [0.2, 0.25) is 0 Å². The third kappa shape index (κ3) is 4.30. The molecule has 1 aliphatic heterocycles. The van der Waals surface area contributed by atoms with Crippen LogP contribution >= 0.6 is 11.3 Å². The van der Waals surface area contributed by atoms with Crippen molar-refractivity contribution >= 4 is 11.3 Å². The van der Waals surface area contributed by atoms with Crippen LogP contribution in [0.5, 0.6) is 0 Å². The number of aryl methyl sites for hydroxylation is 1. The summed E-state index contributed by atoms with van der Waals surface area (Å²) in [6.07, 6.45) is 6.36. The summed E-state index contributed by atoms with van der Waals surface area (Å²) in [5.41, 5.74) is 1.27. The third-order valence-electron chi connectivity index (χ3n) is 3.57. The maximum atomic E-state index is 5.78. The summed E-state index contributed by atoms with van der Waals surface area (Å²) in [6.45, 7) is 5.55. The summed E-state index contributed by atoms with van der Waals surface area (Å²) in [5, 5.41) is 10.4. The van der Waals surface area contributed by atoms with Gasteiger partial charge in [0.05, 0.1) is 12.6 Å². The summed E-state index contributed by atoms with van der Waals surface area (Å²) >= 11 is 1.67. The lowest BCUT2D eigenvalue weighted by Crippen LogP contribution is -2.31. The zero-order chi connectivity index (χ0) is 14.5. The zero-order valence-corrected chi connectivity index (χ0v) is 13.1. The molecule has 0 saturated carbocycles. The fraction of sp³-hybridized carbons (Fsp3) is 0.533. The Morgan fingerprint density at radius 3 is 2.81 bits per heavy atom. The zero-order valence-electron chi connectivity index (χ0n) is 12.2. The standard InChI is InChI=1S/C15H20N4OS/c1-12-17-18-15(21-12)11-19(10-14-3-2-8-20-14)9-13-4-6-16-7-5-13/h4-7,14H,2-3,8-11H2,1H3. The molecular weight excluding hydrogens is 284 g/mol. The topological polar surface area (TPSA) is 51.1 Å². The lowest BCUT2D eigenvalue weighted by Gasteiger charge is -2.24. The van der Waals surface area contributed by atoms with E-state index >= 15 is 0 Å². The van der Waals surface area contributed by atoms with Crippen molar-refractivity contribution in [2.24, 2.45) is 0 Å². The van der Waals surface area contributed by atoms with Crippen LogP contribution in [0, 0.1) is 6.92 Å². The van der Waals surface area contributed by atoms with Crippen molar-refractivity contribution in [2.75, 3.05) is 13.2 Å². The van der Waals surface area contributed by atoms with Crippen LogP contribution in [-0.4, -0.2) is 39.3 Å². The predicted molar refractivity (Wildman–Crippen MR) is 82.0 cm³/mol. The summed E-state index contributed by atoms with van der Waals surface area (Å²) in [5.74, 6) is 0. The van der Waals surface area contributed by atoms with Crippen molar-refractivity contribution in [2.45, 2.75) is 39.0 Å². The van der Waals surface area contributed by atoms with Gasteiger partial charge in [-0.05, 0) is 37.5 Å². The minimum absolute atomic E-state index is 0.348. The van der Waals surface area contributed by atoms with E-state index in [2.05, 4.69) is 32.2 Å². The number of hydrogen-bond donors (Lipinski definition) is 0. The Balaban J connectivity index is 1.67. The Labute approximate surface area is 129 Å². The van der Waals surface area contributed by atoms with Gasteiger partial charge in [0.1, 0.15) is 10.0 Å². The smallest absolute Gasteiger partial charge is 0.131 e. The monoisotopic (exact) mass is 304 g/mol. The van der Waals surface area contributed by atoms with Crippen LogP contribution in [0.3, 0.4) is 0 Å². The fourth-order valence-corrected chi connectivity index (χ4v) is 3.35. The predicted octanol–water partition coefficient (Wildman–Crippen LogP) is 2.42. The van der Waals surface area contributed by atoms with Gasteiger partial charge in [-0.1, -0.05) is 0 Å². The number of hydrogen-bond acceptors (Lipinski definition) is 6. The minimum atomic E-state index is 0.348. The molecule has 112 valence electrons. The molecule has 0 spiro atoms. The number of ether oxygens (including phenoxy) is 1. The Kier molecular flexibility index (Phi) is 4.90. The van der Waals surface area contributed by atoms with Gasteiger partial charge in [0.15, 0.2) is 0 Å². The second-order valence-corrected chi connectivity index (χ2v) is 6.64. The molecule has 1 atom stereocenters. The first-order chi connectivity index (χ1) is 10.3. The lowest BCUT2D eigenvalue weighted by atomic mass is 10.2. The van der Waals surface area contributed by atoms with Gasteiger partial charge in [-0.2, -0.15) is 0 Å². The van der Waals surface area contributed by atoms with Gasteiger partial charge in [-0.15, -0.1) is 21.5 Å². The molecule has 0 bridgehead atoms. The van der Waals surface area contributed by atoms with Crippen molar-refractivity contribution in [3.05, 3.63) is 40.1 Å². The van der Waals surface area contributed by atoms with Gasteiger partial charge in [0.25, 0.3) is 0 Å². The molecule has 3 heterocycles. The summed E-state index contributed by atoms with van der Waals surface area (Å²) in [6, 6.07) is 4.13. The van der Waals surface area contributed by atoms with E-state index in [1.54, 1.807) is 11.3 Å². The number of aromatic nitrogens is 3. The van der Waals surface area contributed by atoms with Crippen LogP contribution in [0.4, 0.5) is 0 Å². The highest BCUT2D eigenvalue weighted by molar-refractivity contribution is 7.11. The van der Waals surface area contributed by atoms with Gasteiger partial charge >= 0.3 is 0 Å². The second kappa shape index (κ2) is 7.06. The molecular formula is C15H20N4OS. The average Bonchev–Trinajstić information content (AvgIpc) is 3.12. The SMILES string of the molecule is Cc1nnc(CN(Cc2ccncc2)CC2CCCO2)s1. The molecule has 0 N–H and O–H groups in total. The first-order valence-electron chi connectivity index (χ1n) is 7.31. The van der Waals surface area contributed by atoms with Crippen molar-refractivity contribution in [3.63, 3.8) is 0 Å². The first kappa shape index (κ1) is 14.6. The molecule has 2 aromatic rings. The van der Waals surface area contributed by atoms with E-state index in [1.165, 1.54) is 12.0 Å². The normalized spacial score (nSPS) is 18.5. The number of rotatable bonds is 6. The molecule has 1 aliphatic rings. The maximum Gasteiger partial charge on any atom is 0.131 e. The van der Waals surface area contributed by atoms with E-state index < -0.39 is 0 Å². The largest absolute Gasteiger partial charge is 0.377 e. The van der Waals surface area contributed by atoms with E-state index in [-0.39, 0.29) is 0 Å². The minimum Gasteiger partial charge on any atom is -0.377 e. The van der Waals surface area contributed by atoms with Crippen molar-refractivity contribution in [1.29, 1.82) is 0 Å². The fourth-order valence-electron chi connectivity index (χ4n) is 2.60. The summed E-state index contributed by atoms with van der Waals surface area (Å²) in [7, 11) is 0. The lowest BCUT2D eigenvalue weighted by molar-refractivity contribution is 0.0678. The molecule has 21 heavy (non-hydrogen) atoms. The molecule has 6 heteroatoms. The maximum absolute atomic E-state index is 5.78. The second-order valence-electron chi connectivity index (χ2n) is 5.37. The van der Waals surface area contributed by atoms with Crippen molar-refractivity contribution in [3.8, 4) is 0 Å². The molecule has 1 saturated heterocycles. The Morgan fingerprint density at radius 1 is 1.29 bits per heavy atom. The van der Waals surface area contributed by atoms with Crippen LogP contribution in [0.25, 0.3) is 0 Å². The highest BCUT2D eigenvalue weighted by Crippen LogP contribution is 2.18. The molecule has 2 aromatic heterocycles. The van der Waals surface area contributed by atoms with Crippen LogP contribution in [0.15, 0.2) is 24.5 Å². The van der Waals surface area contributed by atoms with Crippen LogP contribution in [0.2, 0.25) is 0 Å². The highest BCUT2D eigenvalue weighted by atomic mass is 32.1. The van der Waals surface area contributed by atoms with Crippen LogP contribution < -0.4 is 0 Å². The Bertz CT molecular complexity index is 554. The molecule has 0 aliphatic carbocycles. The summed E-state index contributed by atoms with van der Waals surface area (Å²) < 4.78 is 5.78. The highest BCUT2D eigenvalue weighted by Gasteiger charge is 2.20. The molecule has 1 fully saturated rings. The number of nitrogens with zero attached hydrogens (tertiary/aromatic N) is 4. The molecule has 0 aromatic carbocycles. The molecule has 0 radical (unpaired) electrons. The van der Waals surface area contributed by atoms with Gasteiger partial charge in [0, 0.05) is 32.1 Å². The molecule has 1 unspecified atom stereocenters. The van der Waals surface area contributed by atoms with Gasteiger partial charge in [-0.3, -0.25) is 9.88 Å². The van der Waals surface area contributed by atoms with Gasteiger partial charge in [-0.25, -0.2) is 0 Å². The third-order valence-corrected chi connectivity index (χ3v) is 4.39. The molecule has 5 nitrogen and oxygen atoms in total. The Morgan fingerprint density at radius 2 is 2.14 bits per heavy atom. The van der Waals surface area contributed by atoms with Crippen molar-refractivity contribution < 1.29 is 4.74 Å². The van der Waals surface area contributed by atoms with E-state index in [4.69, 9.17) is 4.74 Å². The molecule has 3 rings (SSSR count). The Hall–Kier alpha value is -1.37. The van der Waals surface area contributed by atoms with Crippen LogP contribution in [0.1, 0.15) is 28.4 Å². The van der Waals surface area contributed by atoms with Gasteiger partial charge < -0.3 is 4.74 Å². The first-order valence-corrected chi connectivity index (χ1v) is 8.13. The van der Waals surface area contributed by atoms with Crippen LogP contribution in [-0.2, 0) is 17.8 Å². The van der Waals surface area contributed by atoms with E-state index in [0.717, 1.165) is 42.7 Å². The van der Waals surface area contributed by atoms with E-state index in [0.29, 0.717) is 6.10 Å². The average molecular weight is 304 g/mol. The molecule has 0 amide bonds. The van der Waals surface area contributed by atoms with E-state index in [9.17, 15) is 0 Å².